The van der Waals surface area contributed by atoms with Crippen LogP contribution in [0.15, 0.2) is 78.9 Å². The third-order valence-corrected chi connectivity index (χ3v) is 6.00. The molecule has 4 heteroatoms. The molecule has 0 unspecified atom stereocenters. The van der Waals surface area contributed by atoms with Gasteiger partial charge in [0, 0.05) is 19.5 Å². The number of para-hydroxylation sites is 2. The number of benzene rings is 3. The number of amides is 1. The van der Waals surface area contributed by atoms with Crippen molar-refractivity contribution in [2.75, 3.05) is 6.54 Å². The predicted molar refractivity (Wildman–Crippen MR) is 135 cm³/mol. The largest absolute Gasteiger partial charge is 0.356 e. The maximum Gasteiger partial charge on any atom is 0.224 e. The summed E-state index contributed by atoms with van der Waals surface area (Å²) in [5.41, 5.74) is 5.97. The third-order valence-electron chi connectivity index (χ3n) is 6.00. The molecule has 0 spiro atoms. The predicted octanol–water partition coefficient (Wildman–Crippen LogP) is 5.67. The second-order valence-electron chi connectivity index (χ2n) is 9.67. The van der Waals surface area contributed by atoms with Crippen molar-refractivity contribution in [2.45, 2.75) is 52.0 Å². The van der Waals surface area contributed by atoms with Gasteiger partial charge in [-0.3, -0.25) is 4.79 Å². The second kappa shape index (κ2) is 10.0. The molecule has 0 radical (unpaired) electrons. The summed E-state index contributed by atoms with van der Waals surface area (Å²) in [7, 11) is 0. The van der Waals surface area contributed by atoms with E-state index in [1.807, 2.05) is 36.4 Å². The maximum atomic E-state index is 12.2. The molecule has 4 nitrogen and oxygen atoms in total. The summed E-state index contributed by atoms with van der Waals surface area (Å²) in [6, 6.07) is 27.1. The molecule has 4 aromatic rings. The average molecular weight is 440 g/mol. The lowest BCUT2D eigenvalue weighted by molar-refractivity contribution is -0.120. The number of hydrogen-bond donors (Lipinski definition) is 1. The molecule has 0 fully saturated rings. The van der Waals surface area contributed by atoms with Crippen LogP contribution in [0.3, 0.4) is 0 Å². The number of carbonyl (C=O) groups is 1. The summed E-state index contributed by atoms with van der Waals surface area (Å²) in [5, 5.41) is 3.05. The minimum absolute atomic E-state index is 0.0636. The van der Waals surface area contributed by atoms with Crippen molar-refractivity contribution in [1.29, 1.82) is 0 Å². The van der Waals surface area contributed by atoms with E-state index < -0.39 is 0 Å². The Kier molecular flexibility index (Phi) is 6.93. The minimum Gasteiger partial charge on any atom is -0.356 e. The van der Waals surface area contributed by atoms with Gasteiger partial charge in [0.25, 0.3) is 0 Å². The van der Waals surface area contributed by atoms with E-state index in [-0.39, 0.29) is 11.3 Å². The van der Waals surface area contributed by atoms with Gasteiger partial charge in [-0.25, -0.2) is 4.98 Å². The van der Waals surface area contributed by atoms with Gasteiger partial charge in [0.15, 0.2) is 0 Å². The van der Waals surface area contributed by atoms with E-state index in [2.05, 4.69) is 73.1 Å². The first kappa shape index (κ1) is 22.8. The Morgan fingerprint density at radius 2 is 1.58 bits per heavy atom. The van der Waals surface area contributed by atoms with Crippen LogP contribution in [-0.2, 0) is 29.6 Å². The number of rotatable bonds is 8. The average Bonchev–Trinajstić information content (AvgIpc) is 3.14. The van der Waals surface area contributed by atoms with Crippen LogP contribution in [0.25, 0.3) is 11.0 Å². The number of hydrogen-bond acceptors (Lipinski definition) is 2. The van der Waals surface area contributed by atoms with E-state index in [1.165, 1.54) is 11.1 Å². The van der Waals surface area contributed by atoms with Crippen molar-refractivity contribution in [1.82, 2.24) is 14.9 Å². The summed E-state index contributed by atoms with van der Waals surface area (Å²) in [4.78, 5) is 17.1. The Balaban J connectivity index is 1.41. The van der Waals surface area contributed by atoms with Gasteiger partial charge in [0.2, 0.25) is 5.91 Å². The highest BCUT2D eigenvalue weighted by Gasteiger charge is 2.14. The highest BCUT2D eigenvalue weighted by atomic mass is 16.1. The molecule has 4 rings (SSSR count). The molecule has 33 heavy (non-hydrogen) atoms. The van der Waals surface area contributed by atoms with E-state index in [0.717, 1.165) is 41.8 Å². The summed E-state index contributed by atoms with van der Waals surface area (Å²) in [5.74, 6) is 1.13. The number of nitrogens with zero attached hydrogens (tertiary/aromatic N) is 2. The van der Waals surface area contributed by atoms with Crippen LogP contribution in [-0.4, -0.2) is 22.0 Å². The molecule has 0 atom stereocenters. The lowest BCUT2D eigenvalue weighted by Gasteiger charge is -2.19. The molecule has 0 aliphatic heterocycles. The zero-order valence-electron chi connectivity index (χ0n) is 19.8. The van der Waals surface area contributed by atoms with E-state index in [1.54, 1.807) is 0 Å². The molecule has 170 valence electrons. The number of fused-ring (bicyclic) bond motifs is 1. The zero-order valence-corrected chi connectivity index (χ0v) is 19.8. The van der Waals surface area contributed by atoms with E-state index in [0.29, 0.717) is 13.0 Å². The van der Waals surface area contributed by atoms with Gasteiger partial charge >= 0.3 is 0 Å². The molecule has 1 heterocycles. The molecular formula is C29H33N3O. The van der Waals surface area contributed by atoms with E-state index in [9.17, 15) is 4.79 Å². The lowest BCUT2D eigenvalue weighted by Crippen LogP contribution is -2.26. The molecule has 1 aromatic heterocycles. The molecule has 0 saturated carbocycles. The first-order valence-electron chi connectivity index (χ1n) is 11.7. The summed E-state index contributed by atoms with van der Waals surface area (Å²) in [6.07, 6.45) is 2.09. The third kappa shape index (κ3) is 5.89. The minimum atomic E-state index is 0.0636. The SMILES string of the molecule is CC(C)(C)c1ccc(Cn2c(CCCNC(=O)Cc3ccccc3)nc3ccccc32)cc1. The molecule has 0 saturated heterocycles. The Morgan fingerprint density at radius 3 is 2.30 bits per heavy atom. The molecule has 1 amide bonds. The number of imidazole rings is 1. The van der Waals surface area contributed by atoms with Crippen LogP contribution >= 0.6 is 0 Å². The molecule has 0 bridgehead atoms. The number of nitrogens with one attached hydrogen (secondary N) is 1. The van der Waals surface area contributed by atoms with E-state index >= 15 is 0 Å². The van der Waals surface area contributed by atoms with Gasteiger partial charge < -0.3 is 9.88 Å². The fourth-order valence-corrected chi connectivity index (χ4v) is 4.10. The van der Waals surface area contributed by atoms with Gasteiger partial charge in [-0.1, -0.05) is 87.5 Å². The quantitative estimate of drug-likeness (QED) is 0.359. The topological polar surface area (TPSA) is 46.9 Å². The Bertz CT molecular complexity index is 1200. The van der Waals surface area contributed by atoms with Crippen LogP contribution in [0, 0.1) is 0 Å². The van der Waals surface area contributed by atoms with Crippen molar-refractivity contribution >= 4 is 16.9 Å². The van der Waals surface area contributed by atoms with Crippen molar-refractivity contribution < 1.29 is 4.79 Å². The van der Waals surface area contributed by atoms with Crippen molar-refractivity contribution in [2.24, 2.45) is 0 Å². The monoisotopic (exact) mass is 439 g/mol. The van der Waals surface area contributed by atoms with Crippen LogP contribution in [0.4, 0.5) is 0 Å². The first-order valence-corrected chi connectivity index (χ1v) is 11.7. The summed E-state index contributed by atoms with van der Waals surface area (Å²) in [6.45, 7) is 8.15. The highest BCUT2D eigenvalue weighted by Crippen LogP contribution is 2.24. The molecular weight excluding hydrogens is 406 g/mol. The number of aromatic nitrogens is 2. The summed E-state index contributed by atoms with van der Waals surface area (Å²) < 4.78 is 2.31. The number of aryl methyl sites for hydroxylation is 1. The molecule has 1 N–H and O–H groups in total. The van der Waals surface area contributed by atoms with Crippen LogP contribution in [0.5, 0.6) is 0 Å². The Hall–Kier alpha value is -3.40. The summed E-state index contributed by atoms with van der Waals surface area (Å²) >= 11 is 0. The lowest BCUT2D eigenvalue weighted by atomic mass is 9.87. The second-order valence-corrected chi connectivity index (χ2v) is 9.67. The fraction of sp³-hybridized carbons (Fsp3) is 0.310. The Labute approximate surface area is 196 Å². The molecule has 0 aliphatic rings. The van der Waals surface area contributed by atoms with Crippen molar-refractivity contribution in [3.8, 4) is 0 Å². The van der Waals surface area contributed by atoms with E-state index in [4.69, 9.17) is 4.98 Å². The van der Waals surface area contributed by atoms with Crippen LogP contribution in [0.2, 0.25) is 0 Å². The van der Waals surface area contributed by atoms with Gasteiger partial charge in [0.1, 0.15) is 5.82 Å². The van der Waals surface area contributed by atoms with Crippen molar-refractivity contribution in [3.63, 3.8) is 0 Å². The Morgan fingerprint density at radius 1 is 0.879 bits per heavy atom. The van der Waals surface area contributed by atoms with Gasteiger partial charge in [0.05, 0.1) is 17.5 Å². The number of carbonyl (C=O) groups excluding carboxylic acids is 1. The van der Waals surface area contributed by atoms with Gasteiger partial charge in [-0.05, 0) is 40.7 Å². The van der Waals surface area contributed by atoms with Crippen molar-refractivity contribution in [3.05, 3.63) is 101 Å². The van der Waals surface area contributed by atoms with Gasteiger partial charge in [-0.2, -0.15) is 0 Å². The zero-order chi connectivity index (χ0) is 23.3. The molecule has 0 aliphatic carbocycles. The van der Waals surface area contributed by atoms with Gasteiger partial charge in [-0.15, -0.1) is 0 Å². The normalized spacial score (nSPS) is 11.6. The van der Waals surface area contributed by atoms with Crippen LogP contribution < -0.4 is 5.32 Å². The standard InChI is InChI=1S/C29H33N3O/c1-29(2,3)24-17-15-23(16-18-24)21-32-26-13-8-7-12-25(26)31-27(32)14-9-19-30-28(33)20-22-10-5-4-6-11-22/h4-8,10-13,15-18H,9,14,19-21H2,1-3H3,(H,30,33). The highest BCUT2D eigenvalue weighted by molar-refractivity contribution is 5.78. The molecule has 3 aromatic carbocycles. The first-order chi connectivity index (χ1) is 15.9. The smallest absolute Gasteiger partial charge is 0.224 e. The fourth-order valence-electron chi connectivity index (χ4n) is 4.10. The maximum absolute atomic E-state index is 12.2. The van der Waals surface area contributed by atoms with Crippen LogP contribution in [0.1, 0.15) is 49.7 Å².